The number of guanidine groups is 1. The number of hydrogen-bond donors (Lipinski definition) is 2. The molecule has 1 rings (SSSR count). The van der Waals surface area contributed by atoms with Gasteiger partial charge in [0.1, 0.15) is 0 Å². The third kappa shape index (κ3) is 10.8. The Bertz CT molecular complexity index is 318. The SMILES string of the molecule is CN=C(NCCCCN1CCC(C)CC1)NCCCOCCOC. The first kappa shape index (κ1) is 21.2. The first-order valence-corrected chi connectivity index (χ1v) is 9.49. The zero-order valence-corrected chi connectivity index (χ0v) is 16.0. The molecule has 0 aromatic carbocycles. The standard InChI is InChI=1S/C18H38N4O2/c1-17-7-12-22(13-8-17)11-5-4-9-20-18(19-2)21-10-6-14-24-16-15-23-3/h17H,4-16H2,1-3H3,(H2,19,20,21). The minimum atomic E-state index is 0.660. The fourth-order valence-electron chi connectivity index (χ4n) is 2.80. The molecule has 0 aromatic rings. The van der Waals surface area contributed by atoms with Crippen molar-refractivity contribution in [3.63, 3.8) is 0 Å². The number of likely N-dealkylation sites (tertiary alicyclic amines) is 1. The number of aliphatic imine (C=N–C) groups is 1. The van der Waals surface area contributed by atoms with Crippen LogP contribution < -0.4 is 10.6 Å². The number of rotatable bonds is 12. The van der Waals surface area contributed by atoms with Crippen molar-refractivity contribution in [3.05, 3.63) is 0 Å². The molecule has 0 saturated carbocycles. The molecule has 0 bridgehead atoms. The van der Waals surface area contributed by atoms with E-state index in [9.17, 15) is 0 Å². The fraction of sp³-hybridized carbons (Fsp3) is 0.944. The van der Waals surface area contributed by atoms with E-state index in [0.717, 1.165) is 38.0 Å². The number of hydrogen-bond acceptors (Lipinski definition) is 4. The summed E-state index contributed by atoms with van der Waals surface area (Å²) in [6.45, 7) is 10.1. The summed E-state index contributed by atoms with van der Waals surface area (Å²) < 4.78 is 10.4. The lowest BCUT2D eigenvalue weighted by Gasteiger charge is -2.30. The van der Waals surface area contributed by atoms with Crippen LogP contribution in [-0.4, -0.2) is 77.6 Å². The third-order valence-corrected chi connectivity index (χ3v) is 4.48. The Hall–Kier alpha value is -0.850. The van der Waals surface area contributed by atoms with Gasteiger partial charge in [0.25, 0.3) is 0 Å². The number of methoxy groups -OCH3 is 1. The van der Waals surface area contributed by atoms with Gasteiger partial charge in [-0.3, -0.25) is 4.99 Å². The lowest BCUT2D eigenvalue weighted by molar-refractivity contribution is 0.0698. The van der Waals surface area contributed by atoms with Gasteiger partial charge in [0, 0.05) is 33.9 Å². The molecule has 1 saturated heterocycles. The van der Waals surface area contributed by atoms with E-state index in [1.165, 1.54) is 45.3 Å². The average molecular weight is 343 g/mol. The van der Waals surface area contributed by atoms with Crippen molar-refractivity contribution in [2.75, 3.05) is 66.7 Å². The molecule has 0 aliphatic carbocycles. The molecule has 1 heterocycles. The number of piperidine rings is 1. The molecule has 0 amide bonds. The van der Waals surface area contributed by atoms with Crippen LogP contribution in [0.1, 0.15) is 39.0 Å². The minimum absolute atomic E-state index is 0.660. The highest BCUT2D eigenvalue weighted by Crippen LogP contribution is 2.15. The summed E-state index contributed by atoms with van der Waals surface area (Å²) in [5.41, 5.74) is 0. The van der Waals surface area contributed by atoms with E-state index in [2.05, 4.69) is 27.4 Å². The highest BCUT2D eigenvalue weighted by Gasteiger charge is 2.14. The summed E-state index contributed by atoms with van der Waals surface area (Å²) in [5, 5.41) is 6.71. The van der Waals surface area contributed by atoms with Crippen LogP contribution in [0.5, 0.6) is 0 Å². The predicted octanol–water partition coefficient (Wildman–Crippen LogP) is 1.72. The third-order valence-electron chi connectivity index (χ3n) is 4.48. The van der Waals surface area contributed by atoms with Gasteiger partial charge in [0.2, 0.25) is 0 Å². The topological polar surface area (TPSA) is 58.1 Å². The molecule has 1 aliphatic heterocycles. The Morgan fingerprint density at radius 2 is 1.75 bits per heavy atom. The van der Waals surface area contributed by atoms with Crippen molar-refractivity contribution in [1.29, 1.82) is 0 Å². The van der Waals surface area contributed by atoms with Crippen molar-refractivity contribution < 1.29 is 9.47 Å². The van der Waals surface area contributed by atoms with Crippen LogP contribution in [0.4, 0.5) is 0 Å². The predicted molar refractivity (Wildman–Crippen MR) is 101 cm³/mol. The molecule has 6 nitrogen and oxygen atoms in total. The molecule has 6 heteroatoms. The van der Waals surface area contributed by atoms with Gasteiger partial charge in [0.15, 0.2) is 5.96 Å². The quantitative estimate of drug-likeness (QED) is 0.321. The van der Waals surface area contributed by atoms with Crippen molar-refractivity contribution in [3.8, 4) is 0 Å². The highest BCUT2D eigenvalue weighted by atomic mass is 16.5. The van der Waals surface area contributed by atoms with E-state index < -0.39 is 0 Å². The van der Waals surface area contributed by atoms with Gasteiger partial charge in [-0.25, -0.2) is 0 Å². The lowest BCUT2D eigenvalue weighted by atomic mass is 9.99. The van der Waals surface area contributed by atoms with Gasteiger partial charge >= 0.3 is 0 Å². The number of nitrogens with one attached hydrogen (secondary N) is 2. The second kappa shape index (κ2) is 14.5. The van der Waals surface area contributed by atoms with Crippen LogP contribution in [-0.2, 0) is 9.47 Å². The first-order valence-electron chi connectivity index (χ1n) is 9.49. The Morgan fingerprint density at radius 3 is 2.42 bits per heavy atom. The van der Waals surface area contributed by atoms with Crippen LogP contribution in [0.2, 0.25) is 0 Å². The van der Waals surface area contributed by atoms with Gasteiger partial charge in [-0.2, -0.15) is 0 Å². The number of ether oxygens (including phenoxy) is 2. The highest BCUT2D eigenvalue weighted by molar-refractivity contribution is 5.79. The zero-order chi connectivity index (χ0) is 17.5. The lowest BCUT2D eigenvalue weighted by Crippen LogP contribution is -2.39. The van der Waals surface area contributed by atoms with Crippen LogP contribution >= 0.6 is 0 Å². The zero-order valence-electron chi connectivity index (χ0n) is 16.0. The Balaban J connectivity index is 1.92. The molecule has 0 spiro atoms. The van der Waals surface area contributed by atoms with E-state index in [-0.39, 0.29) is 0 Å². The Morgan fingerprint density at radius 1 is 1.04 bits per heavy atom. The Labute approximate surface area is 148 Å². The van der Waals surface area contributed by atoms with Gasteiger partial charge in [-0.05, 0) is 57.7 Å². The summed E-state index contributed by atoms with van der Waals surface area (Å²) in [6.07, 6.45) is 6.14. The number of nitrogens with zero attached hydrogens (tertiary/aromatic N) is 2. The maximum absolute atomic E-state index is 5.44. The molecule has 0 aromatic heterocycles. The molecular formula is C18H38N4O2. The number of unbranched alkanes of at least 4 members (excludes halogenated alkanes) is 1. The minimum Gasteiger partial charge on any atom is -0.382 e. The molecule has 24 heavy (non-hydrogen) atoms. The van der Waals surface area contributed by atoms with Crippen molar-refractivity contribution in [2.45, 2.75) is 39.0 Å². The van der Waals surface area contributed by atoms with Gasteiger partial charge in [-0.15, -0.1) is 0 Å². The average Bonchev–Trinajstić information content (AvgIpc) is 2.60. The molecule has 1 aliphatic rings. The van der Waals surface area contributed by atoms with Gasteiger partial charge < -0.3 is 25.0 Å². The molecule has 1 fully saturated rings. The summed E-state index contributed by atoms with van der Waals surface area (Å²) in [4.78, 5) is 6.86. The molecule has 0 radical (unpaired) electrons. The molecule has 0 atom stereocenters. The normalized spacial score (nSPS) is 17.2. The largest absolute Gasteiger partial charge is 0.382 e. The van der Waals surface area contributed by atoms with Crippen molar-refractivity contribution >= 4 is 5.96 Å². The van der Waals surface area contributed by atoms with Crippen LogP contribution in [0.25, 0.3) is 0 Å². The van der Waals surface area contributed by atoms with Crippen molar-refractivity contribution in [2.24, 2.45) is 10.9 Å². The second-order valence-corrected chi connectivity index (χ2v) is 6.62. The van der Waals surface area contributed by atoms with Crippen LogP contribution in [0, 0.1) is 5.92 Å². The summed E-state index contributed by atoms with van der Waals surface area (Å²) in [7, 11) is 3.51. The van der Waals surface area contributed by atoms with E-state index >= 15 is 0 Å². The summed E-state index contributed by atoms with van der Waals surface area (Å²) in [5.74, 6) is 1.81. The summed E-state index contributed by atoms with van der Waals surface area (Å²) in [6, 6.07) is 0. The second-order valence-electron chi connectivity index (χ2n) is 6.62. The van der Waals surface area contributed by atoms with E-state index in [4.69, 9.17) is 9.47 Å². The molecular weight excluding hydrogens is 304 g/mol. The summed E-state index contributed by atoms with van der Waals surface area (Å²) >= 11 is 0. The smallest absolute Gasteiger partial charge is 0.190 e. The maximum Gasteiger partial charge on any atom is 0.190 e. The first-order chi connectivity index (χ1) is 11.8. The fourth-order valence-corrected chi connectivity index (χ4v) is 2.80. The van der Waals surface area contributed by atoms with E-state index in [1.807, 2.05) is 7.05 Å². The van der Waals surface area contributed by atoms with E-state index in [0.29, 0.717) is 13.2 Å². The molecule has 0 unspecified atom stereocenters. The molecule has 142 valence electrons. The molecule has 2 N–H and O–H groups in total. The van der Waals surface area contributed by atoms with Crippen molar-refractivity contribution in [1.82, 2.24) is 15.5 Å². The van der Waals surface area contributed by atoms with Crippen LogP contribution in [0.3, 0.4) is 0 Å². The van der Waals surface area contributed by atoms with E-state index in [1.54, 1.807) is 7.11 Å². The monoisotopic (exact) mass is 342 g/mol. The van der Waals surface area contributed by atoms with Gasteiger partial charge in [0.05, 0.1) is 13.2 Å². The van der Waals surface area contributed by atoms with Crippen LogP contribution in [0.15, 0.2) is 4.99 Å². The maximum atomic E-state index is 5.44. The van der Waals surface area contributed by atoms with Gasteiger partial charge in [-0.1, -0.05) is 6.92 Å². The Kier molecular flexibility index (Phi) is 12.8.